The lowest BCUT2D eigenvalue weighted by Crippen LogP contribution is -2.40. The smallest absolute Gasteiger partial charge is 0.251 e. The molecule has 0 bridgehead atoms. The number of carbonyl (C=O) groups is 1. The van der Waals surface area contributed by atoms with Crippen LogP contribution in [0.4, 0.5) is 0 Å². The first-order valence-electron chi connectivity index (χ1n) is 5.42. The number of hydrogen-bond acceptors (Lipinski definition) is 2. The molecule has 0 spiro atoms. The minimum atomic E-state index is -0.530. The highest BCUT2D eigenvalue weighted by Crippen LogP contribution is 2.07. The maximum Gasteiger partial charge on any atom is 0.251 e. The topological polar surface area (TPSA) is 46.2 Å². The van der Waals surface area contributed by atoms with E-state index in [9.17, 15) is 9.59 Å². The normalized spacial score (nSPS) is 13.9. The van der Waals surface area contributed by atoms with Gasteiger partial charge in [-0.2, -0.15) is 0 Å². The van der Waals surface area contributed by atoms with E-state index in [-0.39, 0.29) is 11.8 Å². The van der Waals surface area contributed by atoms with Crippen molar-refractivity contribution >= 4 is 12.2 Å². The molecule has 0 saturated heterocycles. The van der Waals surface area contributed by atoms with Crippen LogP contribution in [0.15, 0.2) is 30.3 Å². The molecule has 1 aromatic carbocycles. The molecule has 3 heteroatoms. The van der Waals surface area contributed by atoms with Gasteiger partial charge in [-0.3, -0.25) is 9.59 Å². The molecule has 3 nitrogen and oxygen atoms in total. The van der Waals surface area contributed by atoms with Gasteiger partial charge in [0, 0.05) is 5.56 Å². The first kappa shape index (κ1) is 12.4. The van der Waals surface area contributed by atoms with Gasteiger partial charge in [-0.05, 0) is 18.1 Å². The maximum atomic E-state index is 11.7. The van der Waals surface area contributed by atoms with Gasteiger partial charge < -0.3 is 5.32 Å². The van der Waals surface area contributed by atoms with Crippen LogP contribution in [-0.4, -0.2) is 18.2 Å². The first-order chi connectivity index (χ1) is 7.69. The molecule has 1 N–H and O–H groups in total. The fraction of sp³-hybridized carbons (Fsp3) is 0.385. The van der Waals surface area contributed by atoms with E-state index >= 15 is 0 Å². The van der Waals surface area contributed by atoms with E-state index in [1.807, 2.05) is 26.2 Å². The lowest BCUT2D eigenvalue weighted by atomic mass is 10.00. The van der Waals surface area contributed by atoms with E-state index in [1.54, 1.807) is 24.3 Å². The van der Waals surface area contributed by atoms with Crippen LogP contribution in [0, 0.1) is 5.92 Å². The highest BCUT2D eigenvalue weighted by Gasteiger charge is 2.18. The molecule has 0 aromatic heterocycles. The summed E-state index contributed by atoms with van der Waals surface area (Å²) in [6.07, 6.45) is 2.70. The molecule has 1 radical (unpaired) electrons. The monoisotopic (exact) mass is 218 g/mol. The van der Waals surface area contributed by atoms with E-state index in [0.29, 0.717) is 5.56 Å². The largest absolute Gasteiger partial charge is 0.341 e. The third-order valence-corrected chi connectivity index (χ3v) is 2.66. The molecule has 0 aliphatic rings. The molecular formula is C13H16NO2. The summed E-state index contributed by atoms with van der Waals surface area (Å²) in [6, 6.07) is 8.32. The average Bonchev–Trinajstić information content (AvgIpc) is 2.35. The Bertz CT molecular complexity index is 348. The number of rotatable bonds is 5. The van der Waals surface area contributed by atoms with Crippen molar-refractivity contribution in [1.82, 2.24) is 5.32 Å². The van der Waals surface area contributed by atoms with Crippen LogP contribution in [0.2, 0.25) is 0 Å². The summed E-state index contributed by atoms with van der Waals surface area (Å²) < 4.78 is 0. The third kappa shape index (κ3) is 3.19. The Morgan fingerprint density at radius 2 is 2.00 bits per heavy atom. The zero-order chi connectivity index (χ0) is 12.0. The Morgan fingerprint density at radius 3 is 2.50 bits per heavy atom. The summed E-state index contributed by atoms with van der Waals surface area (Å²) in [7, 11) is 0. The number of nitrogens with one attached hydrogen (secondary N) is 1. The van der Waals surface area contributed by atoms with Gasteiger partial charge in [0.2, 0.25) is 6.29 Å². The summed E-state index contributed by atoms with van der Waals surface area (Å²) >= 11 is 0. The fourth-order valence-electron chi connectivity index (χ4n) is 1.34. The maximum absolute atomic E-state index is 11.7. The molecule has 85 valence electrons. The summed E-state index contributed by atoms with van der Waals surface area (Å²) in [5.74, 6) is -0.126. The van der Waals surface area contributed by atoms with Gasteiger partial charge in [-0.15, -0.1) is 0 Å². The molecule has 0 aliphatic heterocycles. The van der Waals surface area contributed by atoms with Gasteiger partial charge in [-0.25, -0.2) is 0 Å². The molecule has 0 saturated carbocycles. The minimum Gasteiger partial charge on any atom is -0.341 e. The fourth-order valence-corrected chi connectivity index (χ4v) is 1.34. The molecule has 0 aliphatic carbocycles. The van der Waals surface area contributed by atoms with Crippen LogP contribution in [-0.2, 0) is 4.79 Å². The highest BCUT2D eigenvalue weighted by molar-refractivity contribution is 5.95. The number of benzene rings is 1. The Labute approximate surface area is 95.9 Å². The van der Waals surface area contributed by atoms with Crippen LogP contribution in [0.3, 0.4) is 0 Å². The molecule has 1 amide bonds. The quantitative estimate of drug-likeness (QED) is 0.821. The number of hydrogen-bond donors (Lipinski definition) is 1. The highest BCUT2D eigenvalue weighted by atomic mass is 16.2. The van der Waals surface area contributed by atoms with Gasteiger partial charge in [0.15, 0.2) is 0 Å². The average molecular weight is 218 g/mol. The SMILES string of the molecule is CC[C@H](C)[C@@H]([C]=O)NC(=O)c1ccccc1. The molecule has 0 fully saturated rings. The van der Waals surface area contributed by atoms with Crippen LogP contribution < -0.4 is 5.32 Å². The van der Waals surface area contributed by atoms with Crippen molar-refractivity contribution in [3.63, 3.8) is 0 Å². The molecule has 16 heavy (non-hydrogen) atoms. The van der Waals surface area contributed by atoms with E-state index in [2.05, 4.69) is 5.32 Å². The van der Waals surface area contributed by atoms with Gasteiger partial charge in [0.05, 0.1) is 6.04 Å². The van der Waals surface area contributed by atoms with Crippen molar-refractivity contribution in [2.24, 2.45) is 5.92 Å². The van der Waals surface area contributed by atoms with Crippen LogP contribution in [0.25, 0.3) is 0 Å². The molecule has 0 heterocycles. The van der Waals surface area contributed by atoms with Crippen molar-refractivity contribution in [2.75, 3.05) is 0 Å². The number of amides is 1. The second-order valence-electron chi connectivity index (χ2n) is 3.82. The molecule has 0 unspecified atom stereocenters. The zero-order valence-electron chi connectivity index (χ0n) is 9.57. The van der Waals surface area contributed by atoms with Crippen molar-refractivity contribution < 1.29 is 9.59 Å². The van der Waals surface area contributed by atoms with E-state index in [4.69, 9.17) is 0 Å². The standard InChI is InChI=1S/C13H16NO2/c1-3-10(2)12(9-15)14-13(16)11-7-5-4-6-8-11/h4-8,10,12H,3H2,1-2H3,(H,14,16)/t10-,12+/m0/s1. The molecular weight excluding hydrogens is 202 g/mol. The van der Waals surface area contributed by atoms with E-state index in [1.165, 1.54) is 0 Å². The predicted octanol–water partition coefficient (Wildman–Crippen LogP) is 1.94. The van der Waals surface area contributed by atoms with Crippen LogP contribution in [0.1, 0.15) is 30.6 Å². The molecule has 2 atom stereocenters. The second-order valence-corrected chi connectivity index (χ2v) is 3.82. The van der Waals surface area contributed by atoms with Gasteiger partial charge in [-0.1, -0.05) is 38.5 Å². The van der Waals surface area contributed by atoms with Crippen molar-refractivity contribution in [3.8, 4) is 0 Å². The number of carbonyl (C=O) groups excluding carboxylic acids is 2. The van der Waals surface area contributed by atoms with Crippen molar-refractivity contribution in [2.45, 2.75) is 26.3 Å². The molecule has 1 rings (SSSR count). The van der Waals surface area contributed by atoms with Crippen LogP contribution >= 0.6 is 0 Å². The Balaban J connectivity index is 2.66. The van der Waals surface area contributed by atoms with E-state index in [0.717, 1.165) is 6.42 Å². The van der Waals surface area contributed by atoms with Gasteiger partial charge in [0.25, 0.3) is 5.91 Å². The second kappa shape index (κ2) is 6.05. The van der Waals surface area contributed by atoms with Crippen molar-refractivity contribution in [1.29, 1.82) is 0 Å². The lowest BCUT2D eigenvalue weighted by molar-refractivity contribution is 0.0937. The Hall–Kier alpha value is -1.64. The summed E-state index contributed by atoms with van der Waals surface area (Å²) in [5, 5.41) is 2.67. The van der Waals surface area contributed by atoms with Gasteiger partial charge >= 0.3 is 0 Å². The van der Waals surface area contributed by atoms with Gasteiger partial charge in [0.1, 0.15) is 0 Å². The lowest BCUT2D eigenvalue weighted by Gasteiger charge is -2.17. The first-order valence-corrected chi connectivity index (χ1v) is 5.42. The summed E-state index contributed by atoms with van der Waals surface area (Å²) in [4.78, 5) is 22.5. The zero-order valence-corrected chi connectivity index (χ0v) is 9.57. The van der Waals surface area contributed by atoms with Crippen LogP contribution in [0.5, 0.6) is 0 Å². The molecule has 1 aromatic rings. The Morgan fingerprint density at radius 1 is 1.38 bits per heavy atom. The van der Waals surface area contributed by atoms with E-state index < -0.39 is 6.04 Å². The minimum absolute atomic E-state index is 0.102. The summed E-state index contributed by atoms with van der Waals surface area (Å²) in [6.45, 7) is 3.89. The third-order valence-electron chi connectivity index (χ3n) is 2.66. The summed E-state index contributed by atoms with van der Waals surface area (Å²) in [5.41, 5.74) is 0.561. The Kier molecular flexibility index (Phi) is 4.70. The predicted molar refractivity (Wildman–Crippen MR) is 62.8 cm³/mol. The van der Waals surface area contributed by atoms with Crippen molar-refractivity contribution in [3.05, 3.63) is 35.9 Å².